The Hall–Kier alpha value is -1.80. The number of rotatable bonds is 62. The standard InChI is InChI=1S/C69H131N2O6P/c1-6-8-10-12-14-16-18-20-22-24-25-26-27-28-29-30-31-32-33-34-35-36-37-38-39-40-41-42-43-44-45-47-49-51-53-55-57-59-61-63-69(73)70-67(66-77-78(74,75)76-65-64-71(3,4)5)68(72)62-60-58-56-54-52-50-48-46-23-21-19-17-15-13-11-9-7-2/h8,10,14,16,20,22,25-26,60,62,67-68,72H,6-7,9,11-13,15,17-19,21,23-24,27-59,61,63-66H2,1-5H3,(H-,70,73,74,75)/b10-8-,16-14-,22-20-,26-25-,62-60+. The van der Waals surface area contributed by atoms with Crippen molar-refractivity contribution in [3.05, 3.63) is 60.8 Å². The summed E-state index contributed by atoms with van der Waals surface area (Å²) in [6, 6.07) is -0.886. The average molecular weight is 1120 g/mol. The van der Waals surface area contributed by atoms with Gasteiger partial charge in [-0.3, -0.25) is 9.36 Å². The number of allylic oxidation sites excluding steroid dienone is 9. The average Bonchev–Trinajstić information content (AvgIpc) is 3.40. The van der Waals surface area contributed by atoms with Crippen molar-refractivity contribution in [3.8, 4) is 0 Å². The van der Waals surface area contributed by atoms with Crippen LogP contribution in [0.2, 0.25) is 0 Å². The van der Waals surface area contributed by atoms with Crippen LogP contribution in [-0.4, -0.2) is 68.5 Å². The summed E-state index contributed by atoms with van der Waals surface area (Å²) < 4.78 is 23.4. The molecule has 0 radical (unpaired) electrons. The highest BCUT2D eigenvalue weighted by atomic mass is 31.2. The van der Waals surface area contributed by atoms with Gasteiger partial charge in [0.2, 0.25) is 5.91 Å². The highest BCUT2D eigenvalue weighted by Crippen LogP contribution is 2.38. The molecule has 0 fully saturated rings. The van der Waals surface area contributed by atoms with Crippen LogP contribution in [0.15, 0.2) is 60.8 Å². The smallest absolute Gasteiger partial charge is 0.268 e. The zero-order chi connectivity index (χ0) is 57.0. The van der Waals surface area contributed by atoms with E-state index in [4.69, 9.17) is 9.05 Å². The number of likely N-dealkylation sites (N-methyl/N-ethyl adjacent to an activating group) is 1. The summed E-state index contributed by atoms with van der Waals surface area (Å²) in [6.45, 7) is 4.57. The summed E-state index contributed by atoms with van der Waals surface area (Å²) in [4.78, 5) is 25.6. The first-order valence-corrected chi connectivity index (χ1v) is 35.1. The lowest BCUT2D eigenvalue weighted by Crippen LogP contribution is -2.45. The molecule has 0 saturated heterocycles. The second-order valence-corrected chi connectivity index (χ2v) is 25.6. The number of nitrogens with one attached hydrogen (secondary N) is 1. The van der Waals surface area contributed by atoms with Crippen molar-refractivity contribution >= 4 is 13.7 Å². The SMILES string of the molecule is CC/C=C\C/C=C\C/C=C\C/C=C\CCCCCCCCCCCCCCCCCCCCCCCCCCCCC(=O)NC(COP(=O)([O-])OCC[N+](C)(C)C)C(O)/C=C/CCCCCCCCCCCCCCCCC. The first-order valence-electron chi connectivity index (χ1n) is 33.7. The second-order valence-electron chi connectivity index (χ2n) is 24.2. The van der Waals surface area contributed by atoms with E-state index in [9.17, 15) is 19.4 Å². The minimum Gasteiger partial charge on any atom is -0.756 e. The lowest BCUT2D eigenvalue weighted by molar-refractivity contribution is -0.870. The lowest BCUT2D eigenvalue weighted by Gasteiger charge is -2.29. The highest BCUT2D eigenvalue weighted by molar-refractivity contribution is 7.45. The van der Waals surface area contributed by atoms with Crippen LogP contribution in [0.4, 0.5) is 0 Å². The van der Waals surface area contributed by atoms with E-state index >= 15 is 0 Å². The van der Waals surface area contributed by atoms with Gasteiger partial charge in [-0.25, -0.2) is 0 Å². The van der Waals surface area contributed by atoms with Gasteiger partial charge < -0.3 is 28.8 Å². The maximum Gasteiger partial charge on any atom is 0.268 e. The van der Waals surface area contributed by atoms with E-state index in [1.807, 2.05) is 27.2 Å². The topological polar surface area (TPSA) is 108 Å². The maximum atomic E-state index is 13.0. The Bertz CT molecular complexity index is 1450. The van der Waals surface area contributed by atoms with E-state index in [1.165, 1.54) is 238 Å². The zero-order valence-corrected chi connectivity index (χ0v) is 53.3. The minimum atomic E-state index is -4.60. The number of carbonyl (C=O) groups excluding carboxylic acids is 1. The highest BCUT2D eigenvalue weighted by Gasteiger charge is 2.23. The van der Waals surface area contributed by atoms with Crippen molar-refractivity contribution in [1.29, 1.82) is 0 Å². The van der Waals surface area contributed by atoms with Gasteiger partial charge >= 0.3 is 0 Å². The monoisotopic (exact) mass is 1110 g/mol. The normalized spacial score (nSPS) is 14.1. The Balaban J connectivity index is 3.92. The van der Waals surface area contributed by atoms with Crippen molar-refractivity contribution in [1.82, 2.24) is 5.32 Å². The molecule has 0 aliphatic heterocycles. The van der Waals surface area contributed by atoms with Gasteiger partial charge in [-0.2, -0.15) is 0 Å². The molecule has 0 saturated carbocycles. The fourth-order valence-corrected chi connectivity index (χ4v) is 10.8. The van der Waals surface area contributed by atoms with E-state index in [1.54, 1.807) is 6.08 Å². The molecule has 0 aromatic carbocycles. The number of quaternary nitrogens is 1. The number of hydrogen-bond donors (Lipinski definition) is 2. The molecule has 9 heteroatoms. The largest absolute Gasteiger partial charge is 0.756 e. The number of hydrogen-bond acceptors (Lipinski definition) is 6. The summed E-state index contributed by atoms with van der Waals surface area (Å²) in [5.41, 5.74) is 0. The van der Waals surface area contributed by atoms with E-state index < -0.39 is 20.0 Å². The van der Waals surface area contributed by atoms with Gasteiger partial charge in [0.25, 0.3) is 7.82 Å². The van der Waals surface area contributed by atoms with E-state index in [0.717, 1.165) is 64.2 Å². The Morgan fingerprint density at radius 2 is 0.782 bits per heavy atom. The summed E-state index contributed by atoms with van der Waals surface area (Å²) in [6.07, 6.45) is 82.0. The van der Waals surface area contributed by atoms with Crippen molar-refractivity contribution in [3.63, 3.8) is 0 Å². The van der Waals surface area contributed by atoms with Crippen molar-refractivity contribution in [2.45, 2.75) is 334 Å². The van der Waals surface area contributed by atoms with E-state index in [2.05, 4.69) is 67.8 Å². The van der Waals surface area contributed by atoms with Crippen LogP contribution in [0.25, 0.3) is 0 Å². The molecule has 3 atom stereocenters. The number of aliphatic hydroxyl groups is 1. The molecular formula is C69H131N2O6P. The Morgan fingerprint density at radius 1 is 0.462 bits per heavy atom. The Morgan fingerprint density at radius 3 is 1.14 bits per heavy atom. The van der Waals surface area contributed by atoms with Crippen molar-refractivity contribution in [2.24, 2.45) is 0 Å². The fourth-order valence-electron chi connectivity index (χ4n) is 10.0. The van der Waals surface area contributed by atoms with Crippen LogP contribution in [0.3, 0.4) is 0 Å². The van der Waals surface area contributed by atoms with E-state index in [0.29, 0.717) is 17.4 Å². The van der Waals surface area contributed by atoms with Crippen molar-refractivity contribution < 1.29 is 32.9 Å². The number of aliphatic hydroxyl groups excluding tert-OH is 1. The van der Waals surface area contributed by atoms with Crippen LogP contribution in [-0.2, 0) is 18.4 Å². The molecule has 0 aromatic heterocycles. The maximum absolute atomic E-state index is 13.0. The molecule has 8 nitrogen and oxygen atoms in total. The molecule has 0 bridgehead atoms. The minimum absolute atomic E-state index is 0.000469. The van der Waals surface area contributed by atoms with Crippen LogP contribution in [0, 0.1) is 0 Å². The second kappa shape index (κ2) is 59.8. The molecule has 0 aliphatic rings. The number of amides is 1. The van der Waals surface area contributed by atoms with Gasteiger partial charge in [-0.1, -0.05) is 319 Å². The summed E-state index contributed by atoms with van der Waals surface area (Å²) in [5, 5.41) is 13.9. The lowest BCUT2D eigenvalue weighted by atomic mass is 10.0. The quantitative estimate of drug-likeness (QED) is 0.0272. The van der Waals surface area contributed by atoms with Crippen LogP contribution in [0.1, 0.15) is 322 Å². The number of carbonyl (C=O) groups is 1. The Kier molecular flexibility index (Phi) is 58.4. The molecule has 458 valence electrons. The van der Waals surface area contributed by atoms with Gasteiger partial charge in [0, 0.05) is 6.42 Å². The predicted octanol–water partition coefficient (Wildman–Crippen LogP) is 20.6. The molecule has 0 heterocycles. The van der Waals surface area contributed by atoms with Gasteiger partial charge in [-0.05, 0) is 57.8 Å². The molecule has 0 spiro atoms. The van der Waals surface area contributed by atoms with E-state index in [-0.39, 0.29) is 19.1 Å². The van der Waals surface area contributed by atoms with Gasteiger partial charge in [0.1, 0.15) is 13.2 Å². The number of unbranched alkanes of at least 4 members (excludes halogenated alkanes) is 41. The van der Waals surface area contributed by atoms with Crippen LogP contribution in [0.5, 0.6) is 0 Å². The first-order chi connectivity index (χ1) is 38.0. The van der Waals surface area contributed by atoms with Crippen LogP contribution >= 0.6 is 7.82 Å². The third-order valence-corrected chi connectivity index (χ3v) is 16.2. The molecule has 0 aliphatic carbocycles. The molecule has 78 heavy (non-hydrogen) atoms. The zero-order valence-electron chi connectivity index (χ0n) is 52.4. The Labute approximate surface area is 485 Å². The molecule has 0 rings (SSSR count). The molecule has 3 unspecified atom stereocenters. The first kappa shape index (κ1) is 76.2. The number of phosphoric acid groups is 1. The van der Waals surface area contributed by atoms with Gasteiger partial charge in [0.05, 0.1) is 39.9 Å². The third kappa shape index (κ3) is 61.8. The summed E-state index contributed by atoms with van der Waals surface area (Å²) in [7, 11) is 1.27. The van der Waals surface area contributed by atoms with Crippen molar-refractivity contribution in [2.75, 3.05) is 40.9 Å². The molecular weight excluding hydrogens is 984 g/mol. The summed E-state index contributed by atoms with van der Waals surface area (Å²) >= 11 is 0. The van der Waals surface area contributed by atoms with Gasteiger partial charge in [0.15, 0.2) is 0 Å². The summed E-state index contributed by atoms with van der Waals surface area (Å²) in [5.74, 6) is -0.192. The number of nitrogens with zero attached hydrogens (tertiary/aromatic N) is 1. The molecule has 1 amide bonds. The third-order valence-electron chi connectivity index (χ3n) is 15.2. The van der Waals surface area contributed by atoms with Crippen LogP contribution < -0.4 is 10.2 Å². The molecule has 0 aromatic rings. The molecule has 2 N–H and O–H groups in total. The van der Waals surface area contributed by atoms with Gasteiger partial charge in [-0.15, -0.1) is 0 Å². The number of phosphoric ester groups is 1. The fraction of sp³-hybridized carbons (Fsp3) is 0.841. The predicted molar refractivity (Wildman–Crippen MR) is 339 cm³/mol.